The fourth-order valence-corrected chi connectivity index (χ4v) is 3.94. The van der Waals surface area contributed by atoms with Crippen molar-refractivity contribution in [1.29, 1.82) is 0 Å². The molecule has 4 aromatic rings. The van der Waals surface area contributed by atoms with Gasteiger partial charge in [-0.2, -0.15) is 0 Å². The zero-order valence-electron chi connectivity index (χ0n) is 17.8. The van der Waals surface area contributed by atoms with Crippen molar-refractivity contribution in [2.75, 3.05) is 0 Å². The third-order valence-electron chi connectivity index (χ3n) is 5.05. The van der Waals surface area contributed by atoms with Gasteiger partial charge in [0, 0.05) is 33.6 Å². The van der Waals surface area contributed by atoms with Crippen LogP contribution in [0, 0.1) is 6.92 Å². The summed E-state index contributed by atoms with van der Waals surface area (Å²) < 4.78 is 1.76. The number of aromatic nitrogens is 7. The van der Waals surface area contributed by atoms with E-state index in [0.29, 0.717) is 49.9 Å². The molecule has 0 saturated heterocycles. The number of aromatic amines is 1. The van der Waals surface area contributed by atoms with Gasteiger partial charge in [-0.3, -0.25) is 9.30 Å². The lowest BCUT2D eigenvalue weighted by Gasteiger charge is -2.34. The number of tetrazole rings is 1. The van der Waals surface area contributed by atoms with Crippen LogP contribution in [-0.4, -0.2) is 56.6 Å². The van der Waals surface area contributed by atoms with E-state index < -0.39 is 11.6 Å². The first-order chi connectivity index (χ1) is 15.1. The Morgan fingerprint density at radius 2 is 2.00 bits per heavy atom. The molecule has 0 unspecified atom stereocenters. The summed E-state index contributed by atoms with van der Waals surface area (Å²) >= 11 is 12.7. The molecule has 1 amide bonds. The van der Waals surface area contributed by atoms with Crippen molar-refractivity contribution < 1.29 is 9.90 Å². The van der Waals surface area contributed by atoms with Gasteiger partial charge in [-0.15, -0.1) is 5.10 Å². The average molecular weight is 475 g/mol. The standard InChI is InChI=1S/C20H20Cl2N8O2/c1-10-13(8-30(19(31)32)20(2,3)4)16(12-6-5-11(21)7-14(12)22)29-9-15(24-18(29)23-10)17-25-27-28-26-17/h5-7,9H,8H2,1-4H3,(H,31,32)(H,25,26,27,28). The molecule has 2 N–H and O–H groups in total. The minimum absolute atomic E-state index is 0.0965. The molecule has 32 heavy (non-hydrogen) atoms. The predicted octanol–water partition coefficient (Wildman–Crippen LogP) is 4.47. The second kappa shape index (κ2) is 8.03. The van der Waals surface area contributed by atoms with E-state index in [9.17, 15) is 9.90 Å². The van der Waals surface area contributed by atoms with Crippen molar-refractivity contribution in [3.8, 4) is 22.8 Å². The van der Waals surface area contributed by atoms with Gasteiger partial charge in [0.15, 0.2) is 5.82 Å². The predicted molar refractivity (Wildman–Crippen MR) is 120 cm³/mol. The Kier molecular flexibility index (Phi) is 5.51. The monoisotopic (exact) mass is 474 g/mol. The number of nitrogens with one attached hydrogen (secondary N) is 1. The van der Waals surface area contributed by atoms with Crippen LogP contribution >= 0.6 is 23.2 Å². The summed E-state index contributed by atoms with van der Waals surface area (Å²) in [5.74, 6) is 0.779. The highest BCUT2D eigenvalue weighted by atomic mass is 35.5. The van der Waals surface area contributed by atoms with Crippen LogP contribution in [0.25, 0.3) is 28.6 Å². The molecular weight excluding hydrogens is 455 g/mol. The maximum Gasteiger partial charge on any atom is 0.408 e. The van der Waals surface area contributed by atoms with Gasteiger partial charge in [0.25, 0.3) is 0 Å². The second-order valence-corrected chi connectivity index (χ2v) is 9.08. The fraction of sp³-hybridized carbons (Fsp3) is 0.300. The first-order valence-electron chi connectivity index (χ1n) is 9.65. The fourth-order valence-electron chi connectivity index (χ4n) is 3.44. The molecule has 0 aliphatic rings. The Labute approximate surface area is 193 Å². The number of imidazole rings is 1. The molecule has 0 atom stereocenters. The van der Waals surface area contributed by atoms with Crippen LogP contribution in [0.2, 0.25) is 10.0 Å². The van der Waals surface area contributed by atoms with E-state index >= 15 is 0 Å². The first kappa shape index (κ1) is 22.0. The highest BCUT2D eigenvalue weighted by Crippen LogP contribution is 2.36. The van der Waals surface area contributed by atoms with Crippen molar-refractivity contribution in [3.63, 3.8) is 0 Å². The van der Waals surface area contributed by atoms with E-state index in [0.717, 1.165) is 0 Å². The topological polar surface area (TPSA) is 125 Å². The Balaban J connectivity index is 2.02. The number of carboxylic acid groups (broad SMARTS) is 1. The van der Waals surface area contributed by atoms with Crippen LogP contribution in [0.5, 0.6) is 0 Å². The van der Waals surface area contributed by atoms with Crippen LogP contribution in [-0.2, 0) is 6.54 Å². The molecule has 12 heteroatoms. The minimum atomic E-state index is -1.04. The SMILES string of the molecule is Cc1nc2nc(-c3nnn[nH]3)cn2c(-c2ccc(Cl)cc2Cl)c1CN(C(=O)O)C(C)(C)C. The number of hydrogen-bond donors (Lipinski definition) is 2. The Morgan fingerprint density at radius 3 is 2.59 bits per heavy atom. The van der Waals surface area contributed by atoms with Crippen LogP contribution in [0.4, 0.5) is 4.79 Å². The quantitative estimate of drug-likeness (QED) is 0.446. The van der Waals surface area contributed by atoms with Gasteiger partial charge >= 0.3 is 6.09 Å². The van der Waals surface area contributed by atoms with E-state index in [4.69, 9.17) is 23.2 Å². The van der Waals surface area contributed by atoms with Gasteiger partial charge in [0.05, 0.1) is 17.3 Å². The summed E-state index contributed by atoms with van der Waals surface area (Å²) in [6.07, 6.45) is 0.694. The van der Waals surface area contributed by atoms with E-state index in [-0.39, 0.29) is 6.54 Å². The van der Waals surface area contributed by atoms with Crippen LogP contribution in [0.3, 0.4) is 0 Å². The van der Waals surface area contributed by atoms with E-state index in [1.54, 1.807) is 28.8 Å². The Hall–Kier alpha value is -3.24. The van der Waals surface area contributed by atoms with Crippen molar-refractivity contribution in [2.45, 2.75) is 39.8 Å². The maximum absolute atomic E-state index is 12.1. The van der Waals surface area contributed by atoms with Gasteiger partial charge in [-0.25, -0.2) is 19.9 Å². The summed E-state index contributed by atoms with van der Waals surface area (Å²) in [7, 11) is 0. The minimum Gasteiger partial charge on any atom is -0.465 e. The number of H-pyrrole nitrogens is 1. The summed E-state index contributed by atoms with van der Waals surface area (Å²) in [5, 5.41) is 24.6. The maximum atomic E-state index is 12.1. The molecule has 4 rings (SSSR count). The molecule has 10 nitrogen and oxygen atoms in total. The number of nitrogens with zero attached hydrogens (tertiary/aromatic N) is 7. The molecule has 3 heterocycles. The molecule has 0 spiro atoms. The van der Waals surface area contributed by atoms with Gasteiger partial charge in [0.2, 0.25) is 5.78 Å². The summed E-state index contributed by atoms with van der Waals surface area (Å²) in [5.41, 5.74) is 2.49. The number of halogens is 2. The lowest BCUT2D eigenvalue weighted by Crippen LogP contribution is -2.44. The van der Waals surface area contributed by atoms with Gasteiger partial charge in [0.1, 0.15) is 5.69 Å². The Bertz CT molecular complexity index is 1310. The summed E-state index contributed by atoms with van der Waals surface area (Å²) in [6.45, 7) is 7.42. The zero-order valence-corrected chi connectivity index (χ0v) is 19.3. The van der Waals surface area contributed by atoms with Gasteiger partial charge < -0.3 is 5.11 Å². The molecule has 0 saturated carbocycles. The van der Waals surface area contributed by atoms with Gasteiger partial charge in [-0.1, -0.05) is 23.2 Å². The number of hydrogen-bond acceptors (Lipinski definition) is 6. The lowest BCUT2D eigenvalue weighted by atomic mass is 10.0. The lowest BCUT2D eigenvalue weighted by molar-refractivity contribution is 0.0954. The number of carbonyl (C=O) groups is 1. The number of rotatable bonds is 4. The van der Waals surface area contributed by atoms with Crippen molar-refractivity contribution in [3.05, 3.63) is 45.7 Å². The van der Waals surface area contributed by atoms with Crippen LogP contribution in [0.1, 0.15) is 32.0 Å². The summed E-state index contributed by atoms with van der Waals surface area (Å²) in [4.78, 5) is 22.6. The van der Waals surface area contributed by atoms with Gasteiger partial charge in [-0.05, 0) is 56.3 Å². The molecule has 0 bridgehead atoms. The van der Waals surface area contributed by atoms with E-state index in [1.807, 2.05) is 27.7 Å². The summed E-state index contributed by atoms with van der Waals surface area (Å²) in [6, 6.07) is 5.16. The number of aryl methyl sites for hydroxylation is 1. The first-order valence-corrected chi connectivity index (χ1v) is 10.4. The third-order valence-corrected chi connectivity index (χ3v) is 5.60. The van der Waals surface area contributed by atoms with Crippen molar-refractivity contribution in [1.82, 2.24) is 39.9 Å². The van der Waals surface area contributed by atoms with Crippen LogP contribution < -0.4 is 0 Å². The average Bonchev–Trinajstić information content (AvgIpc) is 3.34. The third kappa shape index (κ3) is 3.98. The van der Waals surface area contributed by atoms with Crippen molar-refractivity contribution >= 4 is 35.1 Å². The number of amides is 1. The highest BCUT2D eigenvalue weighted by Gasteiger charge is 2.29. The second-order valence-electron chi connectivity index (χ2n) is 8.23. The molecule has 0 fully saturated rings. The molecule has 1 aromatic carbocycles. The molecule has 166 valence electrons. The molecule has 0 aliphatic carbocycles. The highest BCUT2D eigenvalue weighted by molar-refractivity contribution is 6.36. The molecule has 0 radical (unpaired) electrons. The zero-order chi connectivity index (χ0) is 23.2. The normalized spacial score (nSPS) is 11.8. The molecular formula is C20H20Cl2N8O2. The van der Waals surface area contributed by atoms with Crippen molar-refractivity contribution in [2.24, 2.45) is 0 Å². The van der Waals surface area contributed by atoms with Crippen LogP contribution in [0.15, 0.2) is 24.4 Å². The number of fused-ring (bicyclic) bond motifs is 1. The largest absolute Gasteiger partial charge is 0.465 e. The molecule has 3 aromatic heterocycles. The molecule has 0 aliphatic heterocycles. The van der Waals surface area contributed by atoms with E-state index in [2.05, 4.69) is 30.6 Å². The Morgan fingerprint density at radius 1 is 1.25 bits per heavy atom. The number of benzene rings is 1. The van der Waals surface area contributed by atoms with E-state index in [1.165, 1.54) is 4.90 Å². The smallest absolute Gasteiger partial charge is 0.408 e.